The van der Waals surface area contributed by atoms with Crippen LogP contribution in [-0.2, 0) is 4.79 Å². The number of amides is 1. The molecule has 0 saturated carbocycles. The van der Waals surface area contributed by atoms with E-state index in [-0.39, 0.29) is 39.6 Å². The van der Waals surface area contributed by atoms with Crippen LogP contribution >= 0.6 is 23.8 Å². The molecule has 0 spiro atoms. The first kappa shape index (κ1) is 20.0. The zero-order valence-electron chi connectivity index (χ0n) is 13.4. The number of halogens is 1. The SMILES string of the molecule is O=C(COc1ccc([N+](=O)[O-])cc1)NC(=S)Nc1ccc(Cl)c([N+](=O)[O-])c1. The van der Waals surface area contributed by atoms with Crippen molar-refractivity contribution in [1.82, 2.24) is 5.32 Å². The van der Waals surface area contributed by atoms with Gasteiger partial charge in [-0.1, -0.05) is 11.6 Å². The van der Waals surface area contributed by atoms with Crippen LogP contribution in [-0.4, -0.2) is 27.5 Å². The van der Waals surface area contributed by atoms with Crippen molar-refractivity contribution >= 4 is 51.9 Å². The minimum absolute atomic E-state index is 0.0306. The fraction of sp³-hybridized carbons (Fsp3) is 0.0667. The zero-order chi connectivity index (χ0) is 20.0. The number of nitro benzene ring substituents is 2. The van der Waals surface area contributed by atoms with E-state index in [1.807, 2.05) is 0 Å². The van der Waals surface area contributed by atoms with Crippen LogP contribution in [0.15, 0.2) is 42.5 Å². The van der Waals surface area contributed by atoms with Gasteiger partial charge in [0.05, 0.1) is 9.85 Å². The Morgan fingerprint density at radius 2 is 1.78 bits per heavy atom. The van der Waals surface area contributed by atoms with E-state index < -0.39 is 15.8 Å². The number of hydrogen-bond acceptors (Lipinski definition) is 7. The van der Waals surface area contributed by atoms with Gasteiger partial charge in [-0.25, -0.2) is 0 Å². The van der Waals surface area contributed by atoms with Gasteiger partial charge in [-0.05, 0) is 36.5 Å². The van der Waals surface area contributed by atoms with Gasteiger partial charge < -0.3 is 10.1 Å². The number of thiocarbonyl (C=S) groups is 1. The van der Waals surface area contributed by atoms with Gasteiger partial charge in [-0.15, -0.1) is 0 Å². The molecule has 0 aliphatic carbocycles. The monoisotopic (exact) mass is 410 g/mol. The third-order valence-electron chi connectivity index (χ3n) is 3.07. The molecule has 2 rings (SSSR count). The second-order valence-electron chi connectivity index (χ2n) is 4.97. The third kappa shape index (κ3) is 5.87. The number of nitrogens with zero attached hydrogens (tertiary/aromatic N) is 2. The molecule has 2 aromatic rings. The standard InChI is InChI=1S/C15H11ClN4O6S/c16-12-6-1-9(7-13(12)20(24)25)17-15(27)18-14(21)8-26-11-4-2-10(3-5-11)19(22)23/h1-7H,8H2,(H2,17,18,21,27). The Labute approximate surface area is 162 Å². The van der Waals surface area contributed by atoms with Crippen molar-refractivity contribution in [2.45, 2.75) is 0 Å². The lowest BCUT2D eigenvalue weighted by Gasteiger charge is -2.10. The fourth-order valence-electron chi connectivity index (χ4n) is 1.87. The van der Waals surface area contributed by atoms with Crippen molar-refractivity contribution in [3.8, 4) is 5.75 Å². The van der Waals surface area contributed by atoms with Crippen LogP contribution in [0.25, 0.3) is 0 Å². The fourth-order valence-corrected chi connectivity index (χ4v) is 2.29. The van der Waals surface area contributed by atoms with Crippen molar-refractivity contribution in [3.63, 3.8) is 0 Å². The van der Waals surface area contributed by atoms with Crippen molar-refractivity contribution in [1.29, 1.82) is 0 Å². The molecule has 0 aliphatic heterocycles. The van der Waals surface area contributed by atoms with Crippen molar-refractivity contribution in [3.05, 3.63) is 67.7 Å². The van der Waals surface area contributed by atoms with Gasteiger partial charge in [0.2, 0.25) is 0 Å². The number of ether oxygens (including phenoxy) is 1. The molecule has 10 nitrogen and oxygen atoms in total. The first-order chi connectivity index (χ1) is 12.8. The van der Waals surface area contributed by atoms with Crippen molar-refractivity contribution in [2.75, 3.05) is 11.9 Å². The molecule has 27 heavy (non-hydrogen) atoms. The molecule has 0 radical (unpaired) electrons. The first-order valence-corrected chi connectivity index (χ1v) is 7.97. The van der Waals surface area contributed by atoms with Gasteiger partial charge >= 0.3 is 0 Å². The Hall–Kier alpha value is -3.31. The van der Waals surface area contributed by atoms with Crippen molar-refractivity contribution < 1.29 is 19.4 Å². The molecule has 0 aliphatic rings. The van der Waals surface area contributed by atoms with Crippen molar-refractivity contribution in [2.24, 2.45) is 0 Å². The topological polar surface area (TPSA) is 137 Å². The number of carbonyl (C=O) groups is 1. The molecule has 12 heteroatoms. The van der Waals surface area contributed by atoms with E-state index in [0.717, 1.165) is 0 Å². The summed E-state index contributed by atoms with van der Waals surface area (Å²) in [5, 5.41) is 26.2. The predicted octanol–water partition coefficient (Wildman–Crippen LogP) is 3.05. The lowest BCUT2D eigenvalue weighted by atomic mass is 10.3. The summed E-state index contributed by atoms with van der Waals surface area (Å²) in [6.45, 7) is -0.388. The Morgan fingerprint density at radius 3 is 2.37 bits per heavy atom. The Morgan fingerprint density at radius 1 is 1.11 bits per heavy atom. The van der Waals surface area contributed by atoms with Gasteiger partial charge in [0.25, 0.3) is 17.3 Å². The minimum atomic E-state index is -0.646. The summed E-state index contributed by atoms with van der Waals surface area (Å²) >= 11 is 10.7. The highest BCUT2D eigenvalue weighted by molar-refractivity contribution is 7.80. The second kappa shape index (κ2) is 8.87. The number of benzene rings is 2. The number of nitrogens with one attached hydrogen (secondary N) is 2. The molecule has 0 saturated heterocycles. The van der Waals surface area contributed by atoms with E-state index >= 15 is 0 Å². The smallest absolute Gasteiger partial charge is 0.289 e. The molecule has 0 unspecified atom stereocenters. The quantitative estimate of drug-likeness (QED) is 0.421. The summed E-state index contributed by atoms with van der Waals surface area (Å²) in [5.74, 6) is -0.322. The highest BCUT2D eigenvalue weighted by atomic mass is 35.5. The van der Waals surface area contributed by atoms with E-state index in [1.165, 1.54) is 42.5 Å². The summed E-state index contributed by atoms with van der Waals surface area (Å²) in [6, 6.07) is 9.16. The molecule has 0 atom stereocenters. The maximum absolute atomic E-state index is 11.8. The first-order valence-electron chi connectivity index (χ1n) is 7.18. The molecule has 1 amide bonds. The summed E-state index contributed by atoms with van der Waals surface area (Å²) in [4.78, 5) is 32.0. The average Bonchev–Trinajstić information content (AvgIpc) is 2.61. The lowest BCUT2D eigenvalue weighted by molar-refractivity contribution is -0.385. The summed E-state index contributed by atoms with van der Waals surface area (Å²) in [7, 11) is 0. The Kier molecular flexibility index (Phi) is 6.57. The zero-order valence-corrected chi connectivity index (χ0v) is 15.0. The number of nitro groups is 2. The predicted molar refractivity (Wildman–Crippen MR) is 101 cm³/mol. The molecule has 2 aromatic carbocycles. The van der Waals surface area contributed by atoms with Gasteiger partial charge in [-0.2, -0.15) is 0 Å². The van der Waals surface area contributed by atoms with Crippen LogP contribution < -0.4 is 15.4 Å². The molecular weight excluding hydrogens is 400 g/mol. The molecule has 2 N–H and O–H groups in total. The molecule has 0 fully saturated rings. The number of rotatable bonds is 6. The van der Waals surface area contributed by atoms with Gasteiger partial charge in [-0.3, -0.25) is 30.3 Å². The van der Waals surface area contributed by atoms with Crippen LogP contribution in [0.1, 0.15) is 0 Å². The van der Waals surface area contributed by atoms with Crippen LogP contribution in [0.2, 0.25) is 5.02 Å². The maximum Gasteiger partial charge on any atom is 0.289 e. The molecule has 140 valence electrons. The van der Waals surface area contributed by atoms with E-state index in [1.54, 1.807) is 0 Å². The largest absolute Gasteiger partial charge is 0.484 e. The third-order valence-corrected chi connectivity index (χ3v) is 3.59. The van der Waals surface area contributed by atoms with Crippen LogP contribution in [0.5, 0.6) is 5.75 Å². The van der Waals surface area contributed by atoms with Crippen LogP contribution in [0.3, 0.4) is 0 Å². The highest BCUT2D eigenvalue weighted by Crippen LogP contribution is 2.27. The number of anilines is 1. The van der Waals surface area contributed by atoms with Crippen LogP contribution in [0, 0.1) is 20.2 Å². The molecule has 0 heterocycles. The lowest BCUT2D eigenvalue weighted by Crippen LogP contribution is -2.37. The summed E-state index contributed by atoms with van der Waals surface area (Å²) < 4.78 is 5.19. The van der Waals surface area contributed by atoms with Gasteiger partial charge in [0.15, 0.2) is 11.7 Å². The highest BCUT2D eigenvalue weighted by Gasteiger charge is 2.14. The van der Waals surface area contributed by atoms with Gasteiger partial charge in [0.1, 0.15) is 10.8 Å². The second-order valence-corrected chi connectivity index (χ2v) is 5.78. The maximum atomic E-state index is 11.8. The van der Waals surface area contributed by atoms with Gasteiger partial charge in [0, 0.05) is 23.9 Å². The van der Waals surface area contributed by atoms with E-state index in [4.69, 9.17) is 28.6 Å². The number of hydrogen-bond donors (Lipinski definition) is 2. The Bertz CT molecular complexity index is 906. The number of carbonyl (C=O) groups excluding carboxylic acids is 1. The Balaban J connectivity index is 1.86. The normalized spacial score (nSPS) is 9.96. The van der Waals surface area contributed by atoms with Crippen LogP contribution in [0.4, 0.5) is 17.1 Å². The van der Waals surface area contributed by atoms with E-state index in [0.29, 0.717) is 0 Å². The molecule has 0 bridgehead atoms. The number of non-ortho nitro benzene ring substituents is 1. The summed E-state index contributed by atoms with van der Waals surface area (Å²) in [6.07, 6.45) is 0. The van der Waals surface area contributed by atoms with E-state index in [9.17, 15) is 25.0 Å². The summed E-state index contributed by atoms with van der Waals surface area (Å²) in [5.41, 5.74) is -0.140. The minimum Gasteiger partial charge on any atom is -0.484 e. The molecule has 0 aromatic heterocycles. The van der Waals surface area contributed by atoms with E-state index in [2.05, 4.69) is 10.6 Å². The average molecular weight is 411 g/mol. The molecular formula is C15H11ClN4O6S.